The highest BCUT2D eigenvalue weighted by Gasteiger charge is 2.10. The summed E-state index contributed by atoms with van der Waals surface area (Å²) >= 11 is 0. The third-order valence-electron chi connectivity index (χ3n) is 3.23. The maximum Gasteiger partial charge on any atom is 0.306 e. The lowest BCUT2D eigenvalue weighted by Gasteiger charge is -2.14. The van der Waals surface area contributed by atoms with Gasteiger partial charge in [0, 0.05) is 12.8 Å². The monoisotopic (exact) mass is 250 g/mol. The van der Waals surface area contributed by atoms with Crippen LogP contribution in [0.2, 0.25) is 0 Å². The molecule has 1 rings (SSSR count). The van der Waals surface area contributed by atoms with E-state index in [1.807, 2.05) is 6.92 Å². The van der Waals surface area contributed by atoms with Gasteiger partial charge in [-0.2, -0.15) is 0 Å². The summed E-state index contributed by atoms with van der Waals surface area (Å²) in [5, 5.41) is 0. The molecule has 0 spiro atoms. The van der Waals surface area contributed by atoms with E-state index in [1.54, 1.807) is 0 Å². The lowest BCUT2D eigenvalue weighted by molar-refractivity contribution is -0.148. The van der Waals surface area contributed by atoms with Gasteiger partial charge in [0.2, 0.25) is 0 Å². The standard InChI is InChI=1S/C16H26O2/c1-14-11-9-7-5-3-4-6-8-10-12-16(17)18-15(2)13-14/h7,9,15H,1,3-6,8,10-13H2,2H3/b9-7+. The van der Waals surface area contributed by atoms with Crippen molar-refractivity contribution in [2.24, 2.45) is 0 Å². The van der Waals surface area contributed by atoms with Crippen LogP contribution in [0.1, 0.15) is 64.7 Å². The van der Waals surface area contributed by atoms with Crippen LogP contribution in [0.15, 0.2) is 24.3 Å². The minimum atomic E-state index is -0.0549. The molecule has 0 radical (unpaired) electrons. The Bertz CT molecular complexity index is 291. The first-order chi connectivity index (χ1) is 8.68. The van der Waals surface area contributed by atoms with Gasteiger partial charge in [-0.15, -0.1) is 0 Å². The first kappa shape index (κ1) is 15.0. The van der Waals surface area contributed by atoms with E-state index >= 15 is 0 Å². The van der Waals surface area contributed by atoms with E-state index in [1.165, 1.54) is 19.3 Å². The molecular weight excluding hydrogens is 224 g/mol. The minimum Gasteiger partial charge on any atom is -0.462 e. The molecule has 0 saturated carbocycles. The van der Waals surface area contributed by atoms with Gasteiger partial charge < -0.3 is 4.74 Å². The Morgan fingerprint density at radius 2 is 1.89 bits per heavy atom. The van der Waals surface area contributed by atoms with E-state index in [0.29, 0.717) is 6.42 Å². The molecule has 1 atom stereocenters. The fourth-order valence-electron chi connectivity index (χ4n) is 2.24. The Labute approximate surface area is 111 Å². The molecule has 0 aromatic heterocycles. The second-order valence-corrected chi connectivity index (χ2v) is 5.24. The van der Waals surface area contributed by atoms with Crippen molar-refractivity contribution in [1.82, 2.24) is 0 Å². The summed E-state index contributed by atoms with van der Waals surface area (Å²) in [6.07, 6.45) is 13.7. The van der Waals surface area contributed by atoms with Gasteiger partial charge in [0.1, 0.15) is 6.10 Å². The van der Waals surface area contributed by atoms with Crippen LogP contribution >= 0.6 is 0 Å². The zero-order valence-electron chi connectivity index (χ0n) is 11.6. The van der Waals surface area contributed by atoms with Crippen molar-refractivity contribution in [2.45, 2.75) is 70.8 Å². The van der Waals surface area contributed by atoms with Crippen LogP contribution in [0.5, 0.6) is 0 Å². The molecule has 0 aromatic carbocycles. The maximum atomic E-state index is 11.6. The molecule has 0 aliphatic carbocycles. The molecule has 1 aliphatic heterocycles. The van der Waals surface area contributed by atoms with Crippen LogP contribution in [0.3, 0.4) is 0 Å². The predicted octanol–water partition coefficient (Wildman–Crippen LogP) is 4.56. The average molecular weight is 250 g/mol. The van der Waals surface area contributed by atoms with E-state index in [2.05, 4.69) is 18.7 Å². The van der Waals surface area contributed by atoms with Gasteiger partial charge in [-0.05, 0) is 32.6 Å². The predicted molar refractivity (Wildman–Crippen MR) is 75.4 cm³/mol. The van der Waals surface area contributed by atoms with Crippen molar-refractivity contribution in [2.75, 3.05) is 0 Å². The van der Waals surface area contributed by atoms with Crippen molar-refractivity contribution < 1.29 is 9.53 Å². The molecule has 102 valence electrons. The van der Waals surface area contributed by atoms with Crippen LogP contribution in [0.4, 0.5) is 0 Å². The molecule has 2 nitrogen and oxygen atoms in total. The number of carbonyl (C=O) groups is 1. The number of allylic oxidation sites excluding steroid dienone is 2. The van der Waals surface area contributed by atoms with Crippen LogP contribution < -0.4 is 0 Å². The lowest BCUT2D eigenvalue weighted by atomic mass is 10.1. The lowest BCUT2D eigenvalue weighted by Crippen LogP contribution is -2.15. The Kier molecular flexibility index (Phi) is 7.47. The number of esters is 1. The normalized spacial score (nSPS) is 26.8. The van der Waals surface area contributed by atoms with Crippen LogP contribution in [-0.4, -0.2) is 12.1 Å². The maximum absolute atomic E-state index is 11.6. The number of cyclic esters (lactones) is 1. The van der Waals surface area contributed by atoms with E-state index in [4.69, 9.17) is 4.74 Å². The minimum absolute atomic E-state index is 0.0384. The molecule has 18 heavy (non-hydrogen) atoms. The zero-order chi connectivity index (χ0) is 13.2. The summed E-state index contributed by atoms with van der Waals surface area (Å²) in [6, 6.07) is 0. The van der Waals surface area contributed by atoms with Crippen molar-refractivity contribution in [3.63, 3.8) is 0 Å². The smallest absolute Gasteiger partial charge is 0.306 e. The summed E-state index contributed by atoms with van der Waals surface area (Å²) in [6.45, 7) is 5.98. The Balaban J connectivity index is 2.43. The fourth-order valence-corrected chi connectivity index (χ4v) is 2.24. The highest BCUT2D eigenvalue weighted by Crippen LogP contribution is 2.14. The van der Waals surface area contributed by atoms with Crippen molar-refractivity contribution in [3.05, 3.63) is 24.3 Å². The summed E-state index contributed by atoms with van der Waals surface area (Å²) in [5.41, 5.74) is 1.14. The van der Waals surface area contributed by atoms with Crippen molar-refractivity contribution in [1.29, 1.82) is 0 Å². The van der Waals surface area contributed by atoms with Gasteiger partial charge in [-0.3, -0.25) is 4.79 Å². The molecule has 0 fully saturated rings. The third kappa shape index (κ3) is 7.31. The summed E-state index contributed by atoms with van der Waals surface area (Å²) in [5.74, 6) is -0.0549. The van der Waals surface area contributed by atoms with E-state index < -0.39 is 0 Å². The Hall–Kier alpha value is -1.05. The molecule has 1 heterocycles. The zero-order valence-corrected chi connectivity index (χ0v) is 11.6. The molecule has 0 amide bonds. The number of rotatable bonds is 0. The van der Waals surface area contributed by atoms with Gasteiger partial charge in [0.15, 0.2) is 0 Å². The number of hydrogen-bond donors (Lipinski definition) is 0. The summed E-state index contributed by atoms with van der Waals surface area (Å²) in [4.78, 5) is 11.6. The van der Waals surface area contributed by atoms with Gasteiger partial charge in [-0.1, -0.05) is 43.6 Å². The van der Waals surface area contributed by atoms with Gasteiger partial charge in [-0.25, -0.2) is 0 Å². The van der Waals surface area contributed by atoms with Gasteiger partial charge in [0.25, 0.3) is 0 Å². The summed E-state index contributed by atoms with van der Waals surface area (Å²) in [7, 11) is 0. The molecule has 0 saturated heterocycles. The molecular formula is C16H26O2. The summed E-state index contributed by atoms with van der Waals surface area (Å²) < 4.78 is 5.37. The third-order valence-corrected chi connectivity index (χ3v) is 3.23. The van der Waals surface area contributed by atoms with Crippen molar-refractivity contribution in [3.8, 4) is 0 Å². The van der Waals surface area contributed by atoms with Crippen LogP contribution in [0, 0.1) is 0 Å². The molecule has 0 bridgehead atoms. The van der Waals surface area contributed by atoms with Crippen molar-refractivity contribution >= 4 is 5.97 Å². The number of carbonyl (C=O) groups excluding carboxylic acids is 1. The topological polar surface area (TPSA) is 26.3 Å². The average Bonchev–Trinajstić information content (AvgIpc) is 2.30. The second-order valence-electron chi connectivity index (χ2n) is 5.24. The molecule has 1 aliphatic rings. The van der Waals surface area contributed by atoms with Gasteiger partial charge >= 0.3 is 5.97 Å². The fraction of sp³-hybridized carbons (Fsp3) is 0.688. The SMILES string of the molecule is C=C1C/C=C/CCCCCCCC(=O)OC(C)C1. The first-order valence-electron chi connectivity index (χ1n) is 7.19. The number of ether oxygens (including phenoxy) is 1. The highest BCUT2D eigenvalue weighted by molar-refractivity contribution is 5.69. The van der Waals surface area contributed by atoms with E-state index in [9.17, 15) is 4.79 Å². The molecule has 1 unspecified atom stereocenters. The quantitative estimate of drug-likeness (QED) is 0.465. The van der Waals surface area contributed by atoms with Gasteiger partial charge in [0.05, 0.1) is 0 Å². The molecule has 0 N–H and O–H groups in total. The molecule has 2 heteroatoms. The Morgan fingerprint density at radius 1 is 1.17 bits per heavy atom. The highest BCUT2D eigenvalue weighted by atomic mass is 16.5. The van der Waals surface area contributed by atoms with E-state index in [0.717, 1.165) is 37.7 Å². The largest absolute Gasteiger partial charge is 0.462 e. The second kappa shape index (κ2) is 8.96. The van der Waals surface area contributed by atoms with Crippen LogP contribution in [-0.2, 0) is 9.53 Å². The first-order valence-corrected chi connectivity index (χ1v) is 7.19. The van der Waals surface area contributed by atoms with Crippen LogP contribution in [0.25, 0.3) is 0 Å². The Morgan fingerprint density at radius 3 is 2.72 bits per heavy atom. The number of hydrogen-bond acceptors (Lipinski definition) is 2. The molecule has 0 aromatic rings. The van der Waals surface area contributed by atoms with E-state index in [-0.39, 0.29) is 12.1 Å².